The molecular weight excluding hydrogens is 397 g/mol. The maximum absolute atomic E-state index is 13.0. The van der Waals surface area contributed by atoms with E-state index in [9.17, 15) is 4.79 Å². The van der Waals surface area contributed by atoms with Crippen LogP contribution >= 0.6 is 23.2 Å². The molecule has 0 fully saturated rings. The number of benzene rings is 2. The van der Waals surface area contributed by atoms with Gasteiger partial charge in [-0.25, -0.2) is 0 Å². The number of anilines is 1. The molecule has 0 unspecified atom stereocenters. The highest BCUT2D eigenvalue weighted by Gasteiger charge is 2.20. The normalized spacial score (nSPS) is 10.9. The molecular formula is C21H27Cl2N3O2. The fourth-order valence-electron chi connectivity index (χ4n) is 2.94. The first-order chi connectivity index (χ1) is 13.4. The second-order valence-electron chi connectivity index (χ2n) is 6.45. The van der Waals surface area contributed by atoms with Gasteiger partial charge in [-0.3, -0.25) is 9.69 Å². The van der Waals surface area contributed by atoms with Gasteiger partial charge in [0.15, 0.2) is 0 Å². The van der Waals surface area contributed by atoms with Crippen LogP contribution in [-0.4, -0.2) is 49.0 Å². The second-order valence-corrected chi connectivity index (χ2v) is 7.30. The summed E-state index contributed by atoms with van der Waals surface area (Å²) in [6.45, 7) is 7.69. The van der Waals surface area contributed by atoms with Gasteiger partial charge in [0.05, 0.1) is 23.4 Å². The fraction of sp³-hybridized carbons (Fsp3) is 0.381. The quantitative estimate of drug-likeness (QED) is 0.600. The SMILES string of the molecule is CCN(CCN(CC)C(=O)c1cc(Cl)c(N)cc1OC)Cc1ccc(Cl)cc1. The van der Waals surface area contributed by atoms with Crippen LogP contribution in [0.2, 0.25) is 10.0 Å². The van der Waals surface area contributed by atoms with Crippen molar-refractivity contribution in [2.45, 2.75) is 20.4 Å². The maximum Gasteiger partial charge on any atom is 0.257 e. The van der Waals surface area contributed by atoms with Crippen molar-refractivity contribution in [2.75, 3.05) is 39.0 Å². The summed E-state index contributed by atoms with van der Waals surface area (Å²) in [6, 6.07) is 11.0. The molecule has 7 heteroatoms. The van der Waals surface area contributed by atoms with Gasteiger partial charge in [0.2, 0.25) is 0 Å². The minimum atomic E-state index is -0.121. The third-order valence-corrected chi connectivity index (χ3v) is 5.25. The fourth-order valence-corrected chi connectivity index (χ4v) is 3.23. The summed E-state index contributed by atoms with van der Waals surface area (Å²) in [6.07, 6.45) is 0. The lowest BCUT2D eigenvalue weighted by Gasteiger charge is -2.27. The van der Waals surface area contributed by atoms with Crippen LogP contribution in [-0.2, 0) is 6.54 Å². The molecule has 2 aromatic carbocycles. The Kier molecular flexibility index (Phi) is 8.42. The maximum atomic E-state index is 13.0. The van der Waals surface area contributed by atoms with Crippen LogP contribution < -0.4 is 10.5 Å². The topological polar surface area (TPSA) is 58.8 Å². The molecule has 0 aliphatic heterocycles. The zero-order valence-electron chi connectivity index (χ0n) is 16.5. The van der Waals surface area contributed by atoms with Crippen molar-refractivity contribution in [3.63, 3.8) is 0 Å². The highest BCUT2D eigenvalue weighted by molar-refractivity contribution is 6.33. The molecule has 0 saturated heterocycles. The zero-order chi connectivity index (χ0) is 20.7. The van der Waals surface area contributed by atoms with E-state index < -0.39 is 0 Å². The van der Waals surface area contributed by atoms with Crippen LogP contribution in [0.15, 0.2) is 36.4 Å². The van der Waals surface area contributed by atoms with Crippen molar-refractivity contribution in [1.29, 1.82) is 0 Å². The van der Waals surface area contributed by atoms with Gasteiger partial charge >= 0.3 is 0 Å². The number of carbonyl (C=O) groups is 1. The van der Waals surface area contributed by atoms with Crippen molar-refractivity contribution in [3.8, 4) is 5.75 Å². The molecule has 0 radical (unpaired) electrons. The van der Waals surface area contributed by atoms with Crippen molar-refractivity contribution < 1.29 is 9.53 Å². The summed E-state index contributed by atoms with van der Waals surface area (Å²) in [5.74, 6) is 0.308. The number of hydrogen-bond acceptors (Lipinski definition) is 4. The van der Waals surface area contributed by atoms with Crippen molar-refractivity contribution >= 4 is 34.8 Å². The molecule has 0 saturated carbocycles. The molecule has 0 heterocycles. The van der Waals surface area contributed by atoms with Gasteiger partial charge < -0.3 is 15.4 Å². The molecule has 28 heavy (non-hydrogen) atoms. The molecule has 0 aliphatic carbocycles. The number of amides is 1. The molecule has 152 valence electrons. The highest BCUT2D eigenvalue weighted by atomic mass is 35.5. The minimum Gasteiger partial charge on any atom is -0.496 e. The summed E-state index contributed by atoms with van der Waals surface area (Å²) >= 11 is 12.1. The number of nitrogens with zero attached hydrogens (tertiary/aromatic N) is 2. The van der Waals surface area contributed by atoms with E-state index in [0.29, 0.717) is 35.1 Å². The monoisotopic (exact) mass is 423 g/mol. The summed E-state index contributed by atoms with van der Waals surface area (Å²) in [5.41, 5.74) is 7.82. The number of nitrogens with two attached hydrogens (primary N) is 1. The summed E-state index contributed by atoms with van der Waals surface area (Å²) < 4.78 is 5.33. The predicted molar refractivity (Wildman–Crippen MR) is 116 cm³/mol. The van der Waals surface area contributed by atoms with E-state index in [-0.39, 0.29) is 5.91 Å². The van der Waals surface area contributed by atoms with Crippen molar-refractivity contribution in [1.82, 2.24) is 9.80 Å². The molecule has 0 aliphatic rings. The standard InChI is InChI=1S/C21H27Cl2N3O2/c1-4-25(14-15-6-8-16(22)9-7-15)10-11-26(5-2)21(27)17-12-18(23)19(24)13-20(17)28-3/h6-9,12-13H,4-5,10-11,14,24H2,1-3H3. The van der Waals surface area contributed by atoms with Gasteiger partial charge in [0, 0.05) is 37.3 Å². The first-order valence-electron chi connectivity index (χ1n) is 9.28. The molecule has 2 rings (SSSR count). The Balaban J connectivity index is 2.07. The first-order valence-corrected chi connectivity index (χ1v) is 10.0. The lowest BCUT2D eigenvalue weighted by molar-refractivity contribution is 0.0740. The van der Waals surface area contributed by atoms with Crippen LogP contribution in [0.5, 0.6) is 5.75 Å². The van der Waals surface area contributed by atoms with E-state index in [0.717, 1.165) is 24.7 Å². The largest absolute Gasteiger partial charge is 0.496 e. The van der Waals surface area contributed by atoms with E-state index in [4.69, 9.17) is 33.7 Å². The number of likely N-dealkylation sites (N-methyl/N-ethyl adjacent to an activating group) is 2. The Hall–Kier alpha value is -1.95. The number of nitrogen functional groups attached to an aromatic ring is 1. The van der Waals surface area contributed by atoms with Gasteiger partial charge in [-0.1, -0.05) is 42.3 Å². The van der Waals surface area contributed by atoms with Crippen LogP contribution in [0.1, 0.15) is 29.8 Å². The number of ether oxygens (including phenoxy) is 1. The first kappa shape index (κ1) is 22.3. The van der Waals surface area contributed by atoms with E-state index in [2.05, 4.69) is 11.8 Å². The third-order valence-electron chi connectivity index (χ3n) is 4.67. The molecule has 2 aromatic rings. The van der Waals surface area contributed by atoms with E-state index in [1.165, 1.54) is 12.7 Å². The minimum absolute atomic E-state index is 0.121. The smallest absolute Gasteiger partial charge is 0.257 e. The molecule has 0 bridgehead atoms. The number of halogens is 2. The van der Waals surface area contributed by atoms with Crippen molar-refractivity contribution in [3.05, 3.63) is 57.6 Å². The molecule has 2 N–H and O–H groups in total. The molecule has 0 aromatic heterocycles. The van der Waals surface area contributed by atoms with Crippen LogP contribution in [0.4, 0.5) is 5.69 Å². The number of rotatable bonds is 9. The van der Waals surface area contributed by atoms with Gasteiger partial charge in [0.1, 0.15) is 5.75 Å². The van der Waals surface area contributed by atoms with E-state index in [1.54, 1.807) is 17.0 Å². The average Bonchev–Trinajstić information content (AvgIpc) is 2.70. The van der Waals surface area contributed by atoms with Crippen molar-refractivity contribution in [2.24, 2.45) is 0 Å². The van der Waals surface area contributed by atoms with E-state index in [1.807, 2.05) is 31.2 Å². The van der Waals surface area contributed by atoms with Crippen LogP contribution in [0.3, 0.4) is 0 Å². The Morgan fingerprint density at radius 1 is 1.07 bits per heavy atom. The van der Waals surface area contributed by atoms with Crippen LogP contribution in [0, 0.1) is 0 Å². The summed E-state index contributed by atoms with van der Waals surface area (Å²) in [5, 5.41) is 1.07. The lowest BCUT2D eigenvalue weighted by Crippen LogP contribution is -2.38. The molecule has 1 amide bonds. The Morgan fingerprint density at radius 2 is 1.75 bits per heavy atom. The number of methoxy groups -OCH3 is 1. The Labute approximate surface area is 177 Å². The lowest BCUT2D eigenvalue weighted by atomic mass is 10.1. The number of carbonyl (C=O) groups excluding carboxylic acids is 1. The van der Waals surface area contributed by atoms with Gasteiger partial charge in [-0.05, 0) is 37.2 Å². The van der Waals surface area contributed by atoms with Gasteiger partial charge in [-0.15, -0.1) is 0 Å². The zero-order valence-corrected chi connectivity index (χ0v) is 18.1. The average molecular weight is 424 g/mol. The number of hydrogen-bond donors (Lipinski definition) is 1. The Morgan fingerprint density at radius 3 is 2.32 bits per heavy atom. The molecule has 0 spiro atoms. The Bertz CT molecular complexity index is 797. The third kappa shape index (κ3) is 5.77. The van der Waals surface area contributed by atoms with Gasteiger partial charge in [-0.2, -0.15) is 0 Å². The molecule has 0 atom stereocenters. The van der Waals surface area contributed by atoms with Crippen LogP contribution in [0.25, 0.3) is 0 Å². The predicted octanol–water partition coefficient (Wildman–Crippen LogP) is 4.57. The summed E-state index contributed by atoms with van der Waals surface area (Å²) in [7, 11) is 1.51. The molecule has 5 nitrogen and oxygen atoms in total. The summed E-state index contributed by atoms with van der Waals surface area (Å²) in [4.78, 5) is 17.1. The highest BCUT2D eigenvalue weighted by Crippen LogP contribution is 2.29. The van der Waals surface area contributed by atoms with Gasteiger partial charge in [0.25, 0.3) is 5.91 Å². The van der Waals surface area contributed by atoms with E-state index >= 15 is 0 Å². The second kappa shape index (κ2) is 10.6.